The average molecular weight is 248 g/mol. The highest BCUT2D eigenvalue weighted by atomic mass is 32.2. The van der Waals surface area contributed by atoms with Crippen molar-refractivity contribution in [3.8, 4) is 0 Å². The summed E-state index contributed by atoms with van der Waals surface area (Å²) >= 11 is 0. The summed E-state index contributed by atoms with van der Waals surface area (Å²) < 4.78 is 22.8. The Morgan fingerprint density at radius 1 is 1.56 bits per heavy atom. The Labute approximate surface area is 96.9 Å². The lowest BCUT2D eigenvalue weighted by Gasteiger charge is -2.38. The molecule has 94 valence electrons. The SMILES string of the molecule is CCC(C)(N)C(=O)N1CCS(=O)(=O)CC1C. The van der Waals surface area contributed by atoms with Crippen molar-refractivity contribution >= 4 is 15.7 Å². The first-order valence-electron chi connectivity index (χ1n) is 5.50. The van der Waals surface area contributed by atoms with Crippen LogP contribution in [0.25, 0.3) is 0 Å². The van der Waals surface area contributed by atoms with Gasteiger partial charge in [-0.2, -0.15) is 0 Å². The lowest BCUT2D eigenvalue weighted by Crippen LogP contribution is -2.59. The van der Waals surface area contributed by atoms with E-state index in [9.17, 15) is 13.2 Å². The molecule has 1 aliphatic rings. The monoisotopic (exact) mass is 248 g/mol. The summed E-state index contributed by atoms with van der Waals surface area (Å²) in [5, 5.41) is 0. The smallest absolute Gasteiger partial charge is 0.242 e. The molecule has 0 aliphatic carbocycles. The number of hydrogen-bond donors (Lipinski definition) is 1. The highest BCUT2D eigenvalue weighted by Crippen LogP contribution is 2.17. The molecule has 1 amide bonds. The summed E-state index contributed by atoms with van der Waals surface area (Å²) in [6.45, 7) is 5.55. The second kappa shape index (κ2) is 4.33. The molecule has 5 nitrogen and oxygen atoms in total. The topological polar surface area (TPSA) is 80.5 Å². The molecular formula is C10H20N2O3S. The van der Waals surface area contributed by atoms with Gasteiger partial charge in [0.25, 0.3) is 0 Å². The molecule has 0 radical (unpaired) electrons. The second-order valence-electron chi connectivity index (χ2n) is 4.73. The number of amides is 1. The molecule has 1 rings (SSSR count). The zero-order chi connectivity index (χ0) is 12.6. The van der Waals surface area contributed by atoms with Gasteiger partial charge < -0.3 is 10.6 Å². The maximum Gasteiger partial charge on any atom is 0.242 e. The minimum atomic E-state index is -2.99. The summed E-state index contributed by atoms with van der Waals surface area (Å²) in [5.41, 5.74) is 4.99. The molecule has 16 heavy (non-hydrogen) atoms. The summed E-state index contributed by atoms with van der Waals surface area (Å²) in [5.74, 6) is -0.0705. The number of nitrogens with zero attached hydrogens (tertiary/aromatic N) is 1. The van der Waals surface area contributed by atoms with Crippen molar-refractivity contribution in [1.82, 2.24) is 4.90 Å². The Morgan fingerprint density at radius 2 is 2.12 bits per heavy atom. The van der Waals surface area contributed by atoms with Crippen LogP contribution in [0, 0.1) is 0 Å². The number of carbonyl (C=O) groups excluding carboxylic acids is 1. The van der Waals surface area contributed by atoms with E-state index in [1.165, 1.54) is 0 Å². The third-order valence-corrected chi connectivity index (χ3v) is 4.95. The van der Waals surface area contributed by atoms with Crippen molar-refractivity contribution in [1.29, 1.82) is 0 Å². The first-order valence-corrected chi connectivity index (χ1v) is 7.32. The molecule has 1 fully saturated rings. The molecule has 0 aromatic carbocycles. The molecule has 0 aromatic rings. The van der Waals surface area contributed by atoms with Gasteiger partial charge >= 0.3 is 0 Å². The second-order valence-corrected chi connectivity index (χ2v) is 6.96. The lowest BCUT2D eigenvalue weighted by molar-refractivity contribution is -0.138. The predicted octanol–water partition coefficient (Wildman–Crippen LogP) is -0.241. The van der Waals surface area contributed by atoms with Crippen molar-refractivity contribution in [2.45, 2.75) is 38.8 Å². The summed E-state index contributed by atoms with van der Waals surface area (Å²) in [4.78, 5) is 13.7. The number of hydrogen-bond acceptors (Lipinski definition) is 4. The van der Waals surface area contributed by atoms with E-state index in [2.05, 4.69) is 0 Å². The van der Waals surface area contributed by atoms with Gasteiger partial charge in [-0.1, -0.05) is 6.92 Å². The Kier molecular flexibility index (Phi) is 3.64. The van der Waals surface area contributed by atoms with Crippen LogP contribution < -0.4 is 5.73 Å². The van der Waals surface area contributed by atoms with Gasteiger partial charge in [0.15, 0.2) is 9.84 Å². The molecule has 0 spiro atoms. The number of nitrogens with two attached hydrogens (primary N) is 1. The van der Waals surface area contributed by atoms with Gasteiger partial charge in [0.2, 0.25) is 5.91 Å². The standard InChI is InChI=1S/C10H20N2O3S/c1-4-10(3,11)9(13)12-5-6-16(14,15)7-8(12)2/h8H,4-7,11H2,1-3H3. The fourth-order valence-electron chi connectivity index (χ4n) is 1.78. The number of rotatable bonds is 2. The van der Waals surface area contributed by atoms with E-state index in [4.69, 9.17) is 5.73 Å². The number of sulfone groups is 1. The molecule has 0 bridgehead atoms. The quantitative estimate of drug-likeness (QED) is 0.731. The largest absolute Gasteiger partial charge is 0.336 e. The van der Waals surface area contributed by atoms with E-state index in [1.807, 2.05) is 6.92 Å². The van der Waals surface area contributed by atoms with E-state index in [1.54, 1.807) is 18.7 Å². The zero-order valence-corrected chi connectivity index (χ0v) is 10.9. The molecular weight excluding hydrogens is 228 g/mol. The maximum absolute atomic E-state index is 12.1. The van der Waals surface area contributed by atoms with Crippen LogP contribution in [-0.4, -0.2) is 48.9 Å². The molecule has 0 aromatic heterocycles. The Bertz CT molecular complexity index is 376. The molecule has 2 unspecified atom stereocenters. The minimum Gasteiger partial charge on any atom is -0.336 e. The van der Waals surface area contributed by atoms with Gasteiger partial charge in [-0.05, 0) is 20.3 Å². The highest BCUT2D eigenvalue weighted by Gasteiger charge is 2.37. The van der Waals surface area contributed by atoms with Gasteiger partial charge in [0.05, 0.1) is 17.0 Å². The number of carbonyl (C=O) groups is 1. The molecule has 0 saturated carbocycles. The van der Waals surface area contributed by atoms with Crippen molar-refractivity contribution in [2.75, 3.05) is 18.1 Å². The van der Waals surface area contributed by atoms with E-state index < -0.39 is 15.4 Å². The first kappa shape index (κ1) is 13.4. The fraction of sp³-hybridized carbons (Fsp3) is 0.900. The predicted molar refractivity (Wildman–Crippen MR) is 62.7 cm³/mol. The Morgan fingerprint density at radius 3 is 2.56 bits per heavy atom. The molecule has 2 atom stereocenters. The van der Waals surface area contributed by atoms with Crippen LogP contribution in [0.15, 0.2) is 0 Å². The van der Waals surface area contributed by atoms with Crippen LogP contribution in [0.1, 0.15) is 27.2 Å². The Hall–Kier alpha value is -0.620. The third-order valence-electron chi connectivity index (χ3n) is 3.15. The van der Waals surface area contributed by atoms with E-state index >= 15 is 0 Å². The summed E-state index contributed by atoms with van der Waals surface area (Å²) in [7, 11) is -2.99. The van der Waals surface area contributed by atoms with Crippen LogP contribution in [0.4, 0.5) is 0 Å². The van der Waals surface area contributed by atoms with E-state index in [0.717, 1.165) is 0 Å². The molecule has 1 saturated heterocycles. The molecule has 1 aliphatic heterocycles. The van der Waals surface area contributed by atoms with Crippen LogP contribution in [0.2, 0.25) is 0 Å². The van der Waals surface area contributed by atoms with Gasteiger partial charge in [-0.3, -0.25) is 4.79 Å². The third kappa shape index (κ3) is 2.74. The lowest BCUT2D eigenvalue weighted by atomic mass is 9.98. The Balaban J connectivity index is 2.81. The van der Waals surface area contributed by atoms with Crippen molar-refractivity contribution in [3.05, 3.63) is 0 Å². The van der Waals surface area contributed by atoms with Crippen molar-refractivity contribution in [3.63, 3.8) is 0 Å². The normalized spacial score (nSPS) is 28.5. The van der Waals surface area contributed by atoms with Crippen LogP contribution >= 0.6 is 0 Å². The molecule has 1 heterocycles. The van der Waals surface area contributed by atoms with Crippen LogP contribution in [0.3, 0.4) is 0 Å². The van der Waals surface area contributed by atoms with Gasteiger partial charge in [-0.15, -0.1) is 0 Å². The highest BCUT2D eigenvalue weighted by molar-refractivity contribution is 7.91. The van der Waals surface area contributed by atoms with Crippen molar-refractivity contribution < 1.29 is 13.2 Å². The molecule has 2 N–H and O–H groups in total. The average Bonchev–Trinajstić information content (AvgIpc) is 2.15. The summed E-state index contributed by atoms with van der Waals surface area (Å²) in [6.07, 6.45) is 0.543. The van der Waals surface area contributed by atoms with Crippen LogP contribution in [-0.2, 0) is 14.6 Å². The van der Waals surface area contributed by atoms with Gasteiger partial charge in [0, 0.05) is 12.6 Å². The van der Waals surface area contributed by atoms with Crippen LogP contribution in [0.5, 0.6) is 0 Å². The fourth-order valence-corrected chi connectivity index (χ4v) is 3.34. The minimum absolute atomic E-state index is 0.0402. The zero-order valence-electron chi connectivity index (χ0n) is 10.1. The van der Waals surface area contributed by atoms with Crippen molar-refractivity contribution in [2.24, 2.45) is 5.73 Å². The summed E-state index contributed by atoms with van der Waals surface area (Å²) in [6, 6.07) is -0.277. The van der Waals surface area contributed by atoms with Gasteiger partial charge in [-0.25, -0.2) is 8.42 Å². The first-order chi connectivity index (χ1) is 7.19. The van der Waals surface area contributed by atoms with Gasteiger partial charge in [0.1, 0.15) is 0 Å². The van der Waals surface area contributed by atoms with E-state index in [-0.39, 0.29) is 30.0 Å². The van der Waals surface area contributed by atoms with E-state index in [0.29, 0.717) is 6.42 Å². The maximum atomic E-state index is 12.1. The molecule has 6 heteroatoms.